The molecule has 0 rings (SSSR count). The summed E-state index contributed by atoms with van der Waals surface area (Å²) < 4.78 is 0. The van der Waals surface area contributed by atoms with E-state index in [9.17, 15) is 0 Å². The molecule has 0 atom stereocenters. The van der Waals surface area contributed by atoms with Gasteiger partial charge in [0.05, 0.1) is 0 Å². The Labute approximate surface area is 73.5 Å². The van der Waals surface area contributed by atoms with Crippen LogP contribution in [0.2, 0.25) is 0 Å². The molecule has 0 saturated heterocycles. The zero-order chi connectivity index (χ0) is 0. The van der Waals surface area contributed by atoms with Gasteiger partial charge in [0.2, 0.25) is 0 Å². The largest absolute Gasteiger partial charge is 7.00 e. The number of rotatable bonds is 0. The first-order valence-electron chi connectivity index (χ1n) is 0. The third kappa shape index (κ3) is 656. The van der Waals surface area contributed by atoms with E-state index in [1.807, 2.05) is 0 Å². The van der Waals surface area contributed by atoms with Gasteiger partial charge in [-0.3, -0.25) is 0 Å². The summed E-state index contributed by atoms with van der Waals surface area (Å²) in [6.45, 7) is 0. The molecule has 0 aromatic heterocycles. The van der Waals surface area contributed by atoms with Crippen LogP contribution in [0.15, 0.2) is 0 Å². The van der Waals surface area contributed by atoms with Crippen LogP contribution >= 0.6 is 0 Å². The molecule has 0 bridgehead atoms. The van der Waals surface area contributed by atoms with Crippen LogP contribution < -0.4 is 0 Å². The second kappa shape index (κ2) is 864. The molecule has 0 fully saturated rings. The quantitative estimate of drug-likeness (QED) is 0.486. The van der Waals surface area contributed by atoms with Gasteiger partial charge in [-0.05, 0) is 0 Å². The third-order valence-electron chi connectivity index (χ3n) is 0. The van der Waals surface area contributed by atoms with Crippen molar-refractivity contribution in [2.24, 2.45) is 0 Å². The van der Waals surface area contributed by atoms with Crippen LogP contribution in [0.5, 0.6) is 0 Å². The van der Waals surface area contributed by atoms with Crippen molar-refractivity contribution in [2.45, 2.75) is 0 Å². The average molecular weight is 216 g/mol. The average Bonchev–Trinajstić information content (AvgIpc) is 0. The minimum absolute atomic E-state index is 0. The zero-order valence-corrected chi connectivity index (χ0v) is 6.22. The van der Waals surface area contributed by atoms with Gasteiger partial charge in [-0.1, -0.05) is 0 Å². The summed E-state index contributed by atoms with van der Waals surface area (Å²) in [5.74, 6) is 0. The van der Waals surface area contributed by atoms with E-state index in [1.165, 1.54) is 0 Å². The summed E-state index contributed by atoms with van der Waals surface area (Å²) in [5.41, 5.74) is 0. The van der Waals surface area contributed by atoms with Crippen molar-refractivity contribution >= 4 is 0 Å². The molecule has 0 N–H and O–H groups in total. The SMILES string of the molecule is [Cr+7].[Cr+7].[O-2].[O-2].[O-2].[O-2].[O-2].[O-2].[O-2]. The maximum atomic E-state index is 0. The van der Waals surface area contributed by atoms with Crippen molar-refractivity contribution in [1.82, 2.24) is 0 Å². The van der Waals surface area contributed by atoms with Crippen molar-refractivity contribution in [3.63, 3.8) is 0 Å². The smallest absolute Gasteiger partial charge is 2.00 e. The van der Waals surface area contributed by atoms with Gasteiger partial charge in [0.1, 0.15) is 0 Å². The van der Waals surface area contributed by atoms with Crippen LogP contribution in [0.3, 0.4) is 0 Å². The molecule has 0 spiro atoms. The van der Waals surface area contributed by atoms with Gasteiger partial charge >= 0.3 is 34.7 Å². The van der Waals surface area contributed by atoms with E-state index in [2.05, 4.69) is 0 Å². The maximum Gasteiger partial charge on any atom is 7.00 e. The van der Waals surface area contributed by atoms with Crippen LogP contribution in [0.4, 0.5) is 0 Å². The summed E-state index contributed by atoms with van der Waals surface area (Å²) in [6, 6.07) is 0. The van der Waals surface area contributed by atoms with Gasteiger partial charge in [-0.25, -0.2) is 0 Å². The van der Waals surface area contributed by atoms with Crippen LogP contribution in [0.1, 0.15) is 0 Å². The fourth-order valence-corrected chi connectivity index (χ4v) is 0. The normalized spacial score (nSPS) is 0. The van der Waals surface area contributed by atoms with Crippen LogP contribution in [-0.2, 0) is 73.1 Å². The van der Waals surface area contributed by atoms with Gasteiger partial charge in [0, 0.05) is 0 Å². The molecule has 9 heteroatoms. The summed E-state index contributed by atoms with van der Waals surface area (Å²) in [5, 5.41) is 0. The second-order valence-corrected chi connectivity index (χ2v) is 0. The minimum Gasteiger partial charge on any atom is -2.00 e. The summed E-state index contributed by atoms with van der Waals surface area (Å²) >= 11 is 0. The molecule has 0 aliphatic heterocycles. The Morgan fingerprint density at radius 1 is 0.222 bits per heavy atom. The van der Waals surface area contributed by atoms with Gasteiger partial charge in [-0.15, -0.1) is 0 Å². The fraction of sp³-hybridized carbons (Fsp3) is 0. The maximum absolute atomic E-state index is 0. The van der Waals surface area contributed by atoms with E-state index in [4.69, 9.17) is 0 Å². The Morgan fingerprint density at radius 2 is 0.222 bits per heavy atom. The minimum atomic E-state index is 0. The molecular weight excluding hydrogens is 216 g/mol. The van der Waals surface area contributed by atoms with Gasteiger partial charge in [0.15, 0.2) is 0 Å². The fourth-order valence-electron chi connectivity index (χ4n) is 0. The van der Waals surface area contributed by atoms with Crippen molar-refractivity contribution in [2.75, 3.05) is 0 Å². The van der Waals surface area contributed by atoms with Crippen molar-refractivity contribution in [1.29, 1.82) is 0 Å². The Balaban J connectivity index is 0. The summed E-state index contributed by atoms with van der Waals surface area (Å²) in [7, 11) is 0. The van der Waals surface area contributed by atoms with Gasteiger partial charge < -0.3 is 38.3 Å². The molecule has 0 unspecified atom stereocenters. The molecule has 0 aliphatic rings. The van der Waals surface area contributed by atoms with Crippen LogP contribution in [-0.4, -0.2) is 0 Å². The molecule has 0 aliphatic carbocycles. The molecule has 54 valence electrons. The zero-order valence-electron chi connectivity index (χ0n) is 3.67. The van der Waals surface area contributed by atoms with Gasteiger partial charge in [0.25, 0.3) is 0 Å². The first kappa shape index (κ1) is 1230. The predicted molar refractivity (Wildman–Crippen MR) is 4.81 cm³/mol. The van der Waals surface area contributed by atoms with E-state index < -0.39 is 0 Å². The molecule has 0 aromatic carbocycles. The third-order valence-corrected chi connectivity index (χ3v) is 0. The molecular formula is Cr2O7. The monoisotopic (exact) mass is 216 g/mol. The molecule has 0 radical (unpaired) electrons. The Bertz CT molecular complexity index is 6.88. The molecule has 9 heavy (non-hydrogen) atoms. The van der Waals surface area contributed by atoms with Gasteiger partial charge in [-0.2, -0.15) is 0 Å². The van der Waals surface area contributed by atoms with Crippen molar-refractivity contribution < 1.29 is 73.1 Å². The van der Waals surface area contributed by atoms with Crippen molar-refractivity contribution in [3.8, 4) is 0 Å². The van der Waals surface area contributed by atoms with E-state index in [1.54, 1.807) is 0 Å². The first-order chi connectivity index (χ1) is 0. The topological polar surface area (TPSA) is 200 Å². The van der Waals surface area contributed by atoms with Crippen LogP contribution in [0, 0.1) is 0 Å². The standard InChI is InChI=1S/2Cr.7O/q2*+7;7*-2. The van der Waals surface area contributed by atoms with Crippen LogP contribution in [0.25, 0.3) is 0 Å². The number of hydrogen-bond acceptors (Lipinski definition) is 0. The Kier molecular flexibility index (Phi) is 118000. The van der Waals surface area contributed by atoms with E-state index >= 15 is 0 Å². The number of hydrogen-bond donors (Lipinski definition) is 0. The second-order valence-electron chi connectivity index (χ2n) is 0. The summed E-state index contributed by atoms with van der Waals surface area (Å²) in [6.07, 6.45) is 0. The Hall–Kier alpha value is 0.785. The first-order valence-corrected chi connectivity index (χ1v) is 0. The Morgan fingerprint density at radius 3 is 0.222 bits per heavy atom. The van der Waals surface area contributed by atoms with E-state index in [-0.39, 0.29) is 73.1 Å². The molecule has 0 saturated carbocycles. The molecule has 7 nitrogen and oxygen atoms in total. The predicted octanol–water partition coefficient (Wildman–Crippen LogP) is -0.837. The molecule has 0 amide bonds. The van der Waals surface area contributed by atoms with Crippen molar-refractivity contribution in [3.05, 3.63) is 0 Å². The molecule has 0 heterocycles. The van der Waals surface area contributed by atoms with E-state index in [0.717, 1.165) is 0 Å². The molecule has 0 aromatic rings. The summed E-state index contributed by atoms with van der Waals surface area (Å²) in [4.78, 5) is 0. The van der Waals surface area contributed by atoms with E-state index in [0.29, 0.717) is 0 Å².